The zero-order chi connectivity index (χ0) is 18.4. The van der Waals surface area contributed by atoms with Crippen molar-refractivity contribution in [1.82, 2.24) is 10.6 Å². The van der Waals surface area contributed by atoms with Crippen molar-refractivity contribution in [3.63, 3.8) is 0 Å². The highest BCUT2D eigenvalue weighted by Gasteiger charge is 2.31. The van der Waals surface area contributed by atoms with Crippen LogP contribution in [-0.2, 0) is 9.53 Å². The molecule has 132 valence electrons. The molecule has 0 unspecified atom stereocenters. The van der Waals surface area contributed by atoms with Gasteiger partial charge in [0.1, 0.15) is 11.8 Å². The highest BCUT2D eigenvalue weighted by Crippen LogP contribution is 2.29. The molecule has 1 aliphatic heterocycles. The number of allylic oxidation sites excluding steroid dienone is 1. The molecule has 0 bridgehead atoms. The molecule has 2 N–H and O–H groups in total. The molecule has 0 radical (unpaired) electrons. The van der Waals surface area contributed by atoms with E-state index in [-0.39, 0.29) is 18.5 Å². The number of ether oxygens (including phenoxy) is 2. The van der Waals surface area contributed by atoms with Crippen molar-refractivity contribution < 1.29 is 14.3 Å². The fraction of sp³-hybridized carbons (Fsp3) is 0.389. The minimum absolute atomic E-state index is 0.0131. The fourth-order valence-electron chi connectivity index (χ4n) is 2.41. The van der Waals surface area contributed by atoms with Crippen LogP contribution in [0.1, 0.15) is 32.4 Å². The molecule has 1 aromatic rings. The number of nitrogens with one attached hydrogen (secondary N) is 2. The lowest BCUT2D eigenvalue weighted by Gasteiger charge is -2.30. The first-order valence-electron chi connectivity index (χ1n) is 7.97. The third-order valence-electron chi connectivity index (χ3n) is 3.55. The average molecular weight is 359 g/mol. The first kappa shape index (κ1) is 18.7. The summed E-state index contributed by atoms with van der Waals surface area (Å²) in [5.41, 5.74) is 2.02. The van der Waals surface area contributed by atoms with Crippen LogP contribution < -0.4 is 15.4 Å². The SMILES string of the molecule is CC1=C(C(=O)OCC(C)C)[C@@H](c2ccc(OCC#N)cc2)NC(=S)N1. The molecule has 0 fully saturated rings. The summed E-state index contributed by atoms with van der Waals surface area (Å²) >= 11 is 5.22. The second-order valence-electron chi connectivity index (χ2n) is 6.08. The van der Waals surface area contributed by atoms with Gasteiger partial charge in [0, 0.05) is 5.70 Å². The second-order valence-corrected chi connectivity index (χ2v) is 6.49. The van der Waals surface area contributed by atoms with Gasteiger partial charge in [0.15, 0.2) is 11.7 Å². The monoisotopic (exact) mass is 359 g/mol. The first-order valence-corrected chi connectivity index (χ1v) is 8.38. The lowest BCUT2D eigenvalue weighted by Crippen LogP contribution is -2.45. The molecule has 0 saturated carbocycles. The molecule has 6 nitrogen and oxygen atoms in total. The number of hydrogen-bond acceptors (Lipinski definition) is 5. The quantitative estimate of drug-likeness (QED) is 0.596. The van der Waals surface area contributed by atoms with E-state index in [4.69, 9.17) is 27.0 Å². The number of rotatable bonds is 6. The van der Waals surface area contributed by atoms with E-state index in [1.807, 2.05) is 32.0 Å². The van der Waals surface area contributed by atoms with Gasteiger partial charge in [-0.05, 0) is 42.8 Å². The van der Waals surface area contributed by atoms with Crippen molar-refractivity contribution in [3.8, 4) is 11.8 Å². The zero-order valence-corrected chi connectivity index (χ0v) is 15.3. The molecule has 7 heteroatoms. The van der Waals surface area contributed by atoms with E-state index in [0.717, 1.165) is 5.56 Å². The van der Waals surface area contributed by atoms with Gasteiger partial charge in [0.2, 0.25) is 0 Å². The number of thiocarbonyl (C=S) groups is 1. The maximum absolute atomic E-state index is 12.5. The fourth-order valence-corrected chi connectivity index (χ4v) is 2.68. The van der Waals surface area contributed by atoms with Crippen molar-refractivity contribution in [3.05, 3.63) is 41.1 Å². The molecular weight excluding hydrogens is 338 g/mol. The Hall–Kier alpha value is -2.59. The summed E-state index contributed by atoms with van der Waals surface area (Å²) in [6.07, 6.45) is 0. The molecule has 1 aliphatic rings. The number of nitriles is 1. The smallest absolute Gasteiger partial charge is 0.338 e. The molecule has 1 aromatic carbocycles. The van der Waals surface area contributed by atoms with Crippen LogP contribution in [-0.4, -0.2) is 24.3 Å². The van der Waals surface area contributed by atoms with Crippen LogP contribution in [0.5, 0.6) is 5.75 Å². The Kier molecular flexibility index (Phi) is 6.37. The van der Waals surface area contributed by atoms with Crippen LogP contribution in [0.4, 0.5) is 0 Å². The number of carbonyl (C=O) groups excluding carboxylic acids is 1. The van der Waals surface area contributed by atoms with Gasteiger partial charge in [-0.25, -0.2) is 4.79 Å². The van der Waals surface area contributed by atoms with Crippen LogP contribution in [0.15, 0.2) is 35.5 Å². The molecule has 1 heterocycles. The Morgan fingerprint density at radius 1 is 1.36 bits per heavy atom. The minimum atomic E-state index is -0.404. The third kappa shape index (κ3) is 4.94. The summed E-state index contributed by atoms with van der Waals surface area (Å²) in [4.78, 5) is 12.5. The molecule has 0 amide bonds. The lowest BCUT2D eigenvalue weighted by atomic mass is 9.95. The summed E-state index contributed by atoms with van der Waals surface area (Å²) in [5, 5.41) is 15.1. The number of nitrogens with zero attached hydrogens (tertiary/aromatic N) is 1. The number of carbonyl (C=O) groups is 1. The lowest BCUT2D eigenvalue weighted by molar-refractivity contribution is -0.140. The van der Waals surface area contributed by atoms with Gasteiger partial charge in [0.25, 0.3) is 0 Å². The van der Waals surface area contributed by atoms with E-state index in [1.165, 1.54) is 0 Å². The standard InChI is InChI=1S/C18H21N3O3S/c1-11(2)10-24-17(22)15-12(3)20-18(25)21-16(15)13-4-6-14(7-5-13)23-9-8-19/h4-7,11,16H,9-10H2,1-3H3,(H2,20,21,25)/t16-/m1/s1. The largest absolute Gasteiger partial charge is 0.479 e. The molecule has 0 spiro atoms. The zero-order valence-electron chi connectivity index (χ0n) is 14.5. The predicted molar refractivity (Wildman–Crippen MR) is 97.7 cm³/mol. The second kappa shape index (κ2) is 8.49. The Morgan fingerprint density at radius 3 is 2.64 bits per heavy atom. The number of hydrogen-bond donors (Lipinski definition) is 2. The first-order chi connectivity index (χ1) is 11.9. The number of esters is 1. The van der Waals surface area contributed by atoms with Gasteiger partial charge in [-0.1, -0.05) is 26.0 Å². The van der Waals surface area contributed by atoms with Gasteiger partial charge in [-0.2, -0.15) is 5.26 Å². The molecule has 0 aliphatic carbocycles. The molecule has 0 saturated heterocycles. The van der Waals surface area contributed by atoms with Crippen molar-refractivity contribution >= 4 is 23.3 Å². The third-order valence-corrected chi connectivity index (χ3v) is 3.77. The van der Waals surface area contributed by atoms with E-state index < -0.39 is 6.04 Å². The summed E-state index contributed by atoms with van der Waals surface area (Å²) in [7, 11) is 0. The molecular formula is C18H21N3O3S. The van der Waals surface area contributed by atoms with Crippen molar-refractivity contribution in [2.75, 3.05) is 13.2 Å². The van der Waals surface area contributed by atoms with E-state index in [1.54, 1.807) is 19.1 Å². The van der Waals surface area contributed by atoms with E-state index in [2.05, 4.69) is 10.6 Å². The van der Waals surface area contributed by atoms with Crippen LogP contribution >= 0.6 is 12.2 Å². The van der Waals surface area contributed by atoms with Gasteiger partial charge in [-0.3, -0.25) is 0 Å². The summed E-state index contributed by atoms with van der Waals surface area (Å²) in [5.74, 6) is 0.473. The van der Waals surface area contributed by atoms with Crippen LogP contribution in [0.2, 0.25) is 0 Å². The molecule has 1 atom stereocenters. The van der Waals surface area contributed by atoms with E-state index >= 15 is 0 Å². The van der Waals surface area contributed by atoms with Crippen molar-refractivity contribution in [2.45, 2.75) is 26.8 Å². The Labute approximate surface area is 152 Å². The van der Waals surface area contributed by atoms with E-state index in [9.17, 15) is 4.79 Å². The highest BCUT2D eigenvalue weighted by atomic mass is 32.1. The summed E-state index contributed by atoms with van der Waals surface area (Å²) in [6.45, 7) is 6.11. The molecule has 25 heavy (non-hydrogen) atoms. The van der Waals surface area contributed by atoms with Gasteiger partial charge in [-0.15, -0.1) is 0 Å². The minimum Gasteiger partial charge on any atom is -0.479 e. The highest BCUT2D eigenvalue weighted by molar-refractivity contribution is 7.80. The number of benzene rings is 1. The Bertz CT molecular complexity index is 720. The van der Waals surface area contributed by atoms with Gasteiger partial charge >= 0.3 is 5.97 Å². The van der Waals surface area contributed by atoms with Crippen LogP contribution in [0, 0.1) is 17.2 Å². The Morgan fingerprint density at radius 2 is 2.04 bits per heavy atom. The van der Waals surface area contributed by atoms with Crippen molar-refractivity contribution in [1.29, 1.82) is 5.26 Å². The predicted octanol–water partition coefficient (Wildman–Crippen LogP) is 2.58. The van der Waals surface area contributed by atoms with Gasteiger partial charge in [0.05, 0.1) is 18.2 Å². The van der Waals surface area contributed by atoms with E-state index in [0.29, 0.717) is 28.7 Å². The summed E-state index contributed by atoms with van der Waals surface area (Å²) < 4.78 is 10.7. The van der Waals surface area contributed by atoms with Crippen LogP contribution in [0.3, 0.4) is 0 Å². The average Bonchev–Trinajstić information content (AvgIpc) is 2.57. The van der Waals surface area contributed by atoms with Gasteiger partial charge < -0.3 is 20.1 Å². The molecule has 2 rings (SSSR count). The maximum Gasteiger partial charge on any atom is 0.338 e. The summed E-state index contributed by atoms with van der Waals surface area (Å²) in [6, 6.07) is 8.70. The van der Waals surface area contributed by atoms with Crippen LogP contribution in [0.25, 0.3) is 0 Å². The Balaban J connectivity index is 2.26. The molecule has 0 aromatic heterocycles. The van der Waals surface area contributed by atoms with Crippen molar-refractivity contribution in [2.24, 2.45) is 5.92 Å². The normalized spacial score (nSPS) is 16.8. The topological polar surface area (TPSA) is 83.4 Å². The maximum atomic E-state index is 12.5.